The van der Waals surface area contributed by atoms with E-state index in [4.69, 9.17) is 15.2 Å². The Morgan fingerprint density at radius 1 is 1.12 bits per heavy atom. The van der Waals surface area contributed by atoms with Crippen LogP contribution < -0.4 is 15.2 Å². The van der Waals surface area contributed by atoms with Crippen molar-refractivity contribution in [2.24, 2.45) is 5.73 Å². The number of halogens is 3. The summed E-state index contributed by atoms with van der Waals surface area (Å²) in [6.07, 6.45) is -3.20. The van der Waals surface area contributed by atoms with Gasteiger partial charge in [0.15, 0.2) is 11.5 Å². The number of alkyl halides is 3. The van der Waals surface area contributed by atoms with Crippen LogP contribution in [0.25, 0.3) is 0 Å². The highest BCUT2D eigenvalue weighted by Crippen LogP contribution is 2.40. The Hall–Kier alpha value is -2.81. The van der Waals surface area contributed by atoms with Crippen LogP contribution in [0.4, 0.5) is 18.9 Å². The molecular weight excluding hydrogens is 353 g/mol. The Morgan fingerprint density at radius 2 is 1.81 bits per heavy atom. The summed E-state index contributed by atoms with van der Waals surface area (Å²) < 4.78 is 49.0. The smallest absolute Gasteiger partial charge is 0.416 e. The van der Waals surface area contributed by atoms with Crippen molar-refractivity contribution in [2.45, 2.75) is 19.0 Å². The highest BCUT2D eigenvalue weighted by Gasteiger charge is 2.33. The first-order valence-corrected chi connectivity index (χ1v) is 7.66. The zero-order valence-corrected chi connectivity index (χ0v) is 13.9. The third kappa shape index (κ3) is 4.63. The molecule has 0 amide bonds. The highest BCUT2D eigenvalue weighted by molar-refractivity contribution is 5.53. The number of nitrogens with two attached hydrogens (primary N) is 1. The van der Waals surface area contributed by atoms with Crippen molar-refractivity contribution in [1.82, 2.24) is 0 Å². The van der Waals surface area contributed by atoms with Crippen LogP contribution in [0, 0.1) is 10.1 Å². The number of aryl methyl sites for hydroxylation is 1. The van der Waals surface area contributed by atoms with E-state index in [1.54, 1.807) is 18.2 Å². The Bertz CT molecular complexity index is 794. The molecule has 0 atom stereocenters. The molecule has 0 bridgehead atoms. The molecule has 26 heavy (non-hydrogen) atoms. The Kier molecular flexibility index (Phi) is 6.04. The predicted molar refractivity (Wildman–Crippen MR) is 88.5 cm³/mol. The zero-order valence-electron chi connectivity index (χ0n) is 13.9. The summed E-state index contributed by atoms with van der Waals surface area (Å²) in [4.78, 5) is 10.2. The molecule has 0 unspecified atom stereocenters. The number of hydrogen-bond donors (Lipinski definition) is 1. The number of methoxy groups -OCH3 is 1. The van der Waals surface area contributed by atoms with E-state index < -0.39 is 22.4 Å². The topological polar surface area (TPSA) is 87.6 Å². The molecule has 0 aliphatic rings. The predicted octanol–water partition coefficient (Wildman–Crippen LogP) is 4.31. The molecule has 0 aromatic heterocycles. The van der Waals surface area contributed by atoms with Gasteiger partial charge >= 0.3 is 11.9 Å². The van der Waals surface area contributed by atoms with Gasteiger partial charge in [-0.2, -0.15) is 13.2 Å². The average molecular weight is 370 g/mol. The number of rotatable bonds is 7. The van der Waals surface area contributed by atoms with Crippen LogP contribution >= 0.6 is 0 Å². The molecule has 0 aliphatic heterocycles. The molecule has 2 aromatic carbocycles. The van der Waals surface area contributed by atoms with Crippen LogP contribution in [0.5, 0.6) is 17.2 Å². The van der Waals surface area contributed by atoms with E-state index in [9.17, 15) is 23.3 Å². The summed E-state index contributed by atoms with van der Waals surface area (Å²) >= 11 is 0. The molecule has 0 spiro atoms. The Labute approximate surface area is 147 Å². The quantitative estimate of drug-likeness (QED) is 0.580. The summed E-state index contributed by atoms with van der Waals surface area (Å²) in [6.45, 7) is 0.526. The van der Waals surface area contributed by atoms with E-state index in [0.29, 0.717) is 24.8 Å². The lowest BCUT2D eigenvalue weighted by Crippen LogP contribution is -2.06. The van der Waals surface area contributed by atoms with Crippen LogP contribution in [0.2, 0.25) is 0 Å². The molecule has 2 rings (SSSR count). The van der Waals surface area contributed by atoms with E-state index in [1.807, 2.05) is 0 Å². The summed E-state index contributed by atoms with van der Waals surface area (Å²) in [7, 11) is 1.40. The van der Waals surface area contributed by atoms with E-state index in [1.165, 1.54) is 7.11 Å². The Morgan fingerprint density at radius 3 is 2.38 bits per heavy atom. The molecule has 0 saturated heterocycles. The third-order valence-corrected chi connectivity index (χ3v) is 3.60. The monoisotopic (exact) mass is 370 g/mol. The van der Waals surface area contributed by atoms with E-state index in [-0.39, 0.29) is 11.5 Å². The van der Waals surface area contributed by atoms with Crippen molar-refractivity contribution in [2.75, 3.05) is 13.7 Å². The second-order valence-corrected chi connectivity index (χ2v) is 5.42. The van der Waals surface area contributed by atoms with Gasteiger partial charge in [-0.3, -0.25) is 10.1 Å². The van der Waals surface area contributed by atoms with Gasteiger partial charge < -0.3 is 15.2 Å². The minimum atomic E-state index is -4.69. The van der Waals surface area contributed by atoms with Gasteiger partial charge in [-0.1, -0.05) is 6.07 Å². The van der Waals surface area contributed by atoms with Crippen LogP contribution in [0.3, 0.4) is 0 Å². The first-order chi connectivity index (χ1) is 12.3. The van der Waals surface area contributed by atoms with E-state index >= 15 is 0 Å². The fourth-order valence-electron chi connectivity index (χ4n) is 2.30. The van der Waals surface area contributed by atoms with E-state index in [2.05, 4.69) is 0 Å². The number of nitrogens with zero attached hydrogens (tertiary/aromatic N) is 1. The molecule has 0 aliphatic carbocycles. The minimum absolute atomic E-state index is 0.159. The van der Waals surface area contributed by atoms with Crippen molar-refractivity contribution in [1.29, 1.82) is 0 Å². The fraction of sp³-hybridized carbons (Fsp3) is 0.294. The van der Waals surface area contributed by atoms with Gasteiger partial charge in [-0.05, 0) is 49.2 Å². The van der Waals surface area contributed by atoms with Crippen LogP contribution in [-0.4, -0.2) is 18.6 Å². The van der Waals surface area contributed by atoms with Crippen molar-refractivity contribution < 1.29 is 27.6 Å². The summed E-state index contributed by atoms with van der Waals surface area (Å²) in [5.74, 6) is 0.164. The highest BCUT2D eigenvalue weighted by atomic mass is 19.4. The normalized spacial score (nSPS) is 11.3. The zero-order chi connectivity index (χ0) is 19.3. The Balaban J connectivity index is 2.37. The van der Waals surface area contributed by atoms with Crippen LogP contribution in [0.1, 0.15) is 17.5 Å². The summed E-state index contributed by atoms with van der Waals surface area (Å²) in [6, 6.07) is 7.07. The van der Waals surface area contributed by atoms with Crippen molar-refractivity contribution >= 4 is 5.69 Å². The molecule has 2 N–H and O–H groups in total. The fourth-order valence-corrected chi connectivity index (χ4v) is 2.30. The molecular formula is C17H17F3N2O4. The standard InChI is InChI=1S/C17H17F3N2O4/c1-25-16-9-11(3-2-8-21)4-6-15(16)26-14-7-5-12(17(18,19)20)10-13(14)22(23)24/h4-7,9-10H,2-3,8,21H2,1H3. The average Bonchev–Trinajstić information content (AvgIpc) is 2.59. The molecule has 0 fully saturated rings. The summed E-state index contributed by atoms with van der Waals surface area (Å²) in [5.41, 5.74) is 4.49. The molecule has 140 valence electrons. The molecule has 6 nitrogen and oxygen atoms in total. The van der Waals surface area contributed by atoms with Crippen LogP contribution in [0.15, 0.2) is 36.4 Å². The van der Waals surface area contributed by atoms with Crippen molar-refractivity contribution in [3.63, 3.8) is 0 Å². The first-order valence-electron chi connectivity index (χ1n) is 7.66. The van der Waals surface area contributed by atoms with E-state index in [0.717, 1.165) is 24.1 Å². The maximum absolute atomic E-state index is 12.8. The number of ether oxygens (including phenoxy) is 2. The molecule has 0 saturated carbocycles. The van der Waals surface area contributed by atoms with Gasteiger partial charge in [0.2, 0.25) is 5.75 Å². The van der Waals surface area contributed by atoms with Gasteiger partial charge in [-0.25, -0.2) is 0 Å². The van der Waals surface area contributed by atoms with Crippen LogP contribution in [-0.2, 0) is 12.6 Å². The molecule has 9 heteroatoms. The lowest BCUT2D eigenvalue weighted by Gasteiger charge is -2.13. The number of nitro groups is 1. The minimum Gasteiger partial charge on any atom is -0.493 e. The number of nitro benzene ring substituents is 1. The second-order valence-electron chi connectivity index (χ2n) is 5.42. The van der Waals surface area contributed by atoms with Gasteiger partial charge in [0, 0.05) is 6.07 Å². The number of benzene rings is 2. The summed E-state index contributed by atoms with van der Waals surface area (Å²) in [5, 5.41) is 11.1. The maximum Gasteiger partial charge on any atom is 0.416 e. The van der Waals surface area contributed by atoms with Gasteiger partial charge in [-0.15, -0.1) is 0 Å². The van der Waals surface area contributed by atoms with Crippen molar-refractivity contribution in [3.05, 3.63) is 57.6 Å². The van der Waals surface area contributed by atoms with Gasteiger partial charge in [0.05, 0.1) is 17.6 Å². The SMILES string of the molecule is COc1cc(CCCN)ccc1Oc1ccc(C(F)(F)F)cc1[N+](=O)[O-]. The second kappa shape index (κ2) is 8.05. The largest absolute Gasteiger partial charge is 0.493 e. The van der Waals surface area contributed by atoms with Crippen molar-refractivity contribution in [3.8, 4) is 17.2 Å². The molecule has 0 radical (unpaired) electrons. The number of hydrogen-bond acceptors (Lipinski definition) is 5. The maximum atomic E-state index is 12.8. The first kappa shape index (κ1) is 19.5. The molecule has 0 heterocycles. The molecule has 2 aromatic rings. The third-order valence-electron chi connectivity index (χ3n) is 3.60. The van der Waals surface area contributed by atoms with Gasteiger partial charge in [0.25, 0.3) is 0 Å². The van der Waals surface area contributed by atoms with Gasteiger partial charge in [0.1, 0.15) is 0 Å². The lowest BCUT2D eigenvalue weighted by molar-refractivity contribution is -0.385. The lowest BCUT2D eigenvalue weighted by atomic mass is 10.1.